The van der Waals surface area contributed by atoms with E-state index in [9.17, 15) is 0 Å². The first-order valence-electron chi connectivity index (χ1n) is 6.28. The first-order valence-corrected chi connectivity index (χ1v) is 7.85. The molecule has 2 aromatic rings. The maximum absolute atomic E-state index is 5.98. The molecule has 1 N–H and O–H groups in total. The first kappa shape index (κ1) is 14.8. The minimum Gasteiger partial charge on any atom is -0.308 e. The number of nitrogens with zero attached hydrogens (tertiary/aromatic N) is 1. The maximum Gasteiger partial charge on any atom is 0.0931 e. The van der Waals surface area contributed by atoms with Crippen LogP contribution in [-0.2, 0) is 6.42 Å². The third-order valence-electron chi connectivity index (χ3n) is 2.78. The second kappa shape index (κ2) is 7.25. The van der Waals surface area contributed by atoms with E-state index in [1.165, 1.54) is 4.88 Å². The quantitative estimate of drug-likeness (QED) is 0.833. The SMILES string of the molecule is CCCNC(Cc1ccc(Cl)s1)c1ccc(Cl)cn1. The third-order valence-corrected chi connectivity index (χ3v) is 4.26. The number of hydrogen-bond donors (Lipinski definition) is 1. The summed E-state index contributed by atoms with van der Waals surface area (Å²) >= 11 is 13.5. The van der Waals surface area contributed by atoms with Gasteiger partial charge in [0.05, 0.1) is 21.1 Å². The summed E-state index contributed by atoms with van der Waals surface area (Å²) in [7, 11) is 0. The normalized spacial score (nSPS) is 12.6. The number of halogens is 2. The Morgan fingerprint density at radius 2 is 2.11 bits per heavy atom. The van der Waals surface area contributed by atoms with Crippen molar-refractivity contribution in [1.29, 1.82) is 0 Å². The van der Waals surface area contributed by atoms with Gasteiger partial charge in [0.25, 0.3) is 0 Å². The van der Waals surface area contributed by atoms with Crippen LogP contribution in [0.25, 0.3) is 0 Å². The molecule has 0 aliphatic carbocycles. The lowest BCUT2D eigenvalue weighted by molar-refractivity contribution is 0.521. The molecule has 2 nitrogen and oxygen atoms in total. The van der Waals surface area contributed by atoms with Gasteiger partial charge < -0.3 is 5.32 Å². The molecular formula is C14H16Cl2N2S. The predicted molar refractivity (Wildman–Crippen MR) is 83.3 cm³/mol. The van der Waals surface area contributed by atoms with Crippen molar-refractivity contribution in [2.75, 3.05) is 6.54 Å². The fraction of sp³-hybridized carbons (Fsp3) is 0.357. The van der Waals surface area contributed by atoms with Crippen LogP contribution in [0.2, 0.25) is 9.36 Å². The summed E-state index contributed by atoms with van der Waals surface area (Å²) in [6.07, 6.45) is 3.68. The molecule has 2 heterocycles. The molecule has 0 radical (unpaired) electrons. The summed E-state index contributed by atoms with van der Waals surface area (Å²) in [6.45, 7) is 3.12. The highest BCUT2D eigenvalue weighted by Crippen LogP contribution is 2.26. The Hall–Kier alpha value is -0.610. The first-order chi connectivity index (χ1) is 9.19. The summed E-state index contributed by atoms with van der Waals surface area (Å²) in [6, 6.07) is 8.07. The Labute approximate surface area is 127 Å². The maximum atomic E-state index is 5.98. The second-order valence-electron chi connectivity index (χ2n) is 4.32. The Kier molecular flexibility index (Phi) is 5.64. The van der Waals surface area contributed by atoms with Crippen LogP contribution in [0.5, 0.6) is 0 Å². The summed E-state index contributed by atoms with van der Waals surface area (Å²) in [5, 5.41) is 4.18. The molecule has 0 fully saturated rings. The molecule has 2 aromatic heterocycles. The lowest BCUT2D eigenvalue weighted by atomic mass is 10.1. The molecule has 0 saturated carbocycles. The number of nitrogens with one attached hydrogen (secondary N) is 1. The minimum atomic E-state index is 0.201. The van der Waals surface area contributed by atoms with Crippen molar-refractivity contribution in [3.05, 3.63) is 50.4 Å². The molecule has 1 unspecified atom stereocenters. The van der Waals surface area contributed by atoms with E-state index in [-0.39, 0.29) is 6.04 Å². The van der Waals surface area contributed by atoms with E-state index in [1.807, 2.05) is 18.2 Å². The van der Waals surface area contributed by atoms with Crippen LogP contribution >= 0.6 is 34.5 Å². The van der Waals surface area contributed by atoms with E-state index < -0.39 is 0 Å². The van der Waals surface area contributed by atoms with Crippen molar-refractivity contribution in [3.63, 3.8) is 0 Å². The van der Waals surface area contributed by atoms with Crippen LogP contribution in [0.3, 0.4) is 0 Å². The Balaban J connectivity index is 2.13. The van der Waals surface area contributed by atoms with Gasteiger partial charge in [-0.25, -0.2) is 0 Å². The third kappa shape index (κ3) is 4.46. The molecule has 5 heteroatoms. The van der Waals surface area contributed by atoms with Crippen LogP contribution in [-0.4, -0.2) is 11.5 Å². The van der Waals surface area contributed by atoms with Gasteiger partial charge in [-0.05, 0) is 37.2 Å². The molecule has 19 heavy (non-hydrogen) atoms. The molecular weight excluding hydrogens is 299 g/mol. The van der Waals surface area contributed by atoms with Gasteiger partial charge in [-0.15, -0.1) is 11.3 Å². The zero-order chi connectivity index (χ0) is 13.7. The summed E-state index contributed by atoms with van der Waals surface area (Å²) in [5.74, 6) is 0. The number of aromatic nitrogens is 1. The van der Waals surface area contributed by atoms with Gasteiger partial charge in [-0.1, -0.05) is 30.1 Å². The van der Waals surface area contributed by atoms with Crippen LogP contribution in [0, 0.1) is 0 Å². The van der Waals surface area contributed by atoms with Crippen molar-refractivity contribution in [2.45, 2.75) is 25.8 Å². The second-order valence-corrected chi connectivity index (χ2v) is 6.55. The monoisotopic (exact) mass is 314 g/mol. The average Bonchev–Trinajstić information content (AvgIpc) is 2.81. The van der Waals surface area contributed by atoms with Crippen molar-refractivity contribution in [2.24, 2.45) is 0 Å². The van der Waals surface area contributed by atoms with E-state index in [2.05, 4.69) is 23.3 Å². The fourth-order valence-electron chi connectivity index (χ4n) is 1.86. The van der Waals surface area contributed by atoms with E-state index in [0.29, 0.717) is 5.02 Å². The molecule has 1 atom stereocenters. The van der Waals surface area contributed by atoms with E-state index >= 15 is 0 Å². The number of hydrogen-bond acceptors (Lipinski definition) is 3. The van der Waals surface area contributed by atoms with E-state index in [0.717, 1.165) is 29.4 Å². The highest BCUT2D eigenvalue weighted by molar-refractivity contribution is 7.16. The minimum absolute atomic E-state index is 0.201. The fourth-order valence-corrected chi connectivity index (χ4v) is 3.10. The van der Waals surface area contributed by atoms with Crippen molar-refractivity contribution in [3.8, 4) is 0 Å². The predicted octanol–water partition coefficient (Wildman–Crippen LogP) is 4.73. The van der Waals surface area contributed by atoms with E-state index in [4.69, 9.17) is 23.2 Å². The molecule has 0 aliphatic rings. The highest BCUT2D eigenvalue weighted by atomic mass is 35.5. The zero-order valence-corrected chi connectivity index (χ0v) is 13.0. The molecule has 0 spiro atoms. The number of rotatable bonds is 6. The molecule has 0 saturated heterocycles. The lowest BCUT2D eigenvalue weighted by Gasteiger charge is -2.17. The number of thiophene rings is 1. The summed E-state index contributed by atoms with van der Waals surface area (Å²) < 4.78 is 0.827. The largest absolute Gasteiger partial charge is 0.308 e. The summed E-state index contributed by atoms with van der Waals surface area (Å²) in [5.41, 5.74) is 1.02. The van der Waals surface area contributed by atoms with Gasteiger partial charge in [0.1, 0.15) is 0 Å². The zero-order valence-electron chi connectivity index (χ0n) is 10.7. The highest BCUT2D eigenvalue weighted by Gasteiger charge is 2.14. The van der Waals surface area contributed by atoms with Gasteiger partial charge in [0.2, 0.25) is 0 Å². The van der Waals surface area contributed by atoms with Gasteiger partial charge in [-0.2, -0.15) is 0 Å². The Bertz CT molecular complexity index is 510. The van der Waals surface area contributed by atoms with Crippen LogP contribution in [0.1, 0.15) is 30.0 Å². The Morgan fingerprint density at radius 1 is 1.26 bits per heavy atom. The molecule has 0 amide bonds. The molecule has 0 aliphatic heterocycles. The van der Waals surface area contributed by atoms with Gasteiger partial charge in [0.15, 0.2) is 0 Å². The van der Waals surface area contributed by atoms with Crippen LogP contribution in [0.15, 0.2) is 30.5 Å². The van der Waals surface area contributed by atoms with Gasteiger partial charge >= 0.3 is 0 Å². The van der Waals surface area contributed by atoms with Crippen molar-refractivity contribution in [1.82, 2.24) is 10.3 Å². The smallest absolute Gasteiger partial charge is 0.0931 e. The molecule has 102 valence electrons. The molecule has 0 bridgehead atoms. The Morgan fingerprint density at radius 3 is 2.68 bits per heavy atom. The van der Waals surface area contributed by atoms with E-state index in [1.54, 1.807) is 17.5 Å². The molecule has 2 rings (SSSR count). The van der Waals surface area contributed by atoms with Crippen LogP contribution < -0.4 is 5.32 Å². The van der Waals surface area contributed by atoms with Crippen molar-refractivity contribution >= 4 is 34.5 Å². The average molecular weight is 315 g/mol. The van der Waals surface area contributed by atoms with Gasteiger partial charge in [-0.3, -0.25) is 4.98 Å². The standard InChI is InChI=1S/C14H16Cl2N2S/c1-2-7-17-13(8-11-4-6-14(16)19-11)12-5-3-10(15)9-18-12/h3-6,9,13,17H,2,7-8H2,1H3. The molecule has 0 aromatic carbocycles. The topological polar surface area (TPSA) is 24.9 Å². The van der Waals surface area contributed by atoms with Crippen molar-refractivity contribution < 1.29 is 0 Å². The van der Waals surface area contributed by atoms with Gasteiger partial charge in [0, 0.05) is 17.5 Å². The summed E-state index contributed by atoms with van der Waals surface area (Å²) in [4.78, 5) is 5.67. The number of pyridine rings is 1. The van der Waals surface area contributed by atoms with Crippen LogP contribution in [0.4, 0.5) is 0 Å². The lowest BCUT2D eigenvalue weighted by Crippen LogP contribution is -2.24.